The van der Waals surface area contributed by atoms with Crippen molar-refractivity contribution in [3.8, 4) is 5.75 Å². The first-order valence-corrected chi connectivity index (χ1v) is 10.1. The van der Waals surface area contributed by atoms with Gasteiger partial charge in [0.2, 0.25) is 0 Å². The summed E-state index contributed by atoms with van der Waals surface area (Å²) < 4.78 is 7.49. The summed E-state index contributed by atoms with van der Waals surface area (Å²) in [5.41, 5.74) is 3.63. The summed E-state index contributed by atoms with van der Waals surface area (Å²) in [6.07, 6.45) is 7.99. The van der Waals surface area contributed by atoms with Crippen molar-refractivity contribution < 1.29 is 9.53 Å². The molecule has 6 nitrogen and oxygen atoms in total. The Kier molecular flexibility index (Phi) is 6.84. The Hall–Kier alpha value is -2.38. The van der Waals surface area contributed by atoms with Crippen molar-refractivity contribution in [3.05, 3.63) is 52.3 Å². The lowest BCUT2D eigenvalue weighted by atomic mass is 10.2. The minimum absolute atomic E-state index is 0.303. The first-order valence-electron chi connectivity index (χ1n) is 8.86. The van der Waals surface area contributed by atoms with Gasteiger partial charge in [-0.25, -0.2) is 10.4 Å². The number of hydrazone groups is 1. The van der Waals surface area contributed by atoms with Crippen LogP contribution in [0.25, 0.3) is 4.96 Å². The molecular weight excluding hydrogens is 384 g/mol. The number of rotatable bonds is 9. The second-order valence-electron chi connectivity index (χ2n) is 5.98. The summed E-state index contributed by atoms with van der Waals surface area (Å²) in [5, 5.41) is 6.24. The van der Waals surface area contributed by atoms with Crippen LogP contribution in [0.3, 0.4) is 0 Å². The van der Waals surface area contributed by atoms with E-state index in [-0.39, 0.29) is 5.91 Å². The number of aromatic nitrogens is 2. The van der Waals surface area contributed by atoms with Gasteiger partial charge in [0.05, 0.1) is 12.8 Å². The van der Waals surface area contributed by atoms with Gasteiger partial charge in [-0.15, -0.1) is 11.3 Å². The molecule has 0 aliphatic carbocycles. The van der Waals surface area contributed by atoms with E-state index in [0.717, 1.165) is 17.1 Å². The smallest absolute Gasteiger partial charge is 0.271 e. The summed E-state index contributed by atoms with van der Waals surface area (Å²) >= 11 is 7.56. The number of unbranched alkanes of at least 4 members (excludes halogenated alkanes) is 3. The minimum atomic E-state index is -0.303. The molecule has 0 aliphatic heterocycles. The summed E-state index contributed by atoms with van der Waals surface area (Å²) in [6, 6.07) is 7.02. The molecule has 1 aromatic carbocycles. The third-order valence-corrected chi connectivity index (χ3v) is 5.02. The van der Waals surface area contributed by atoms with Crippen LogP contribution in [0.5, 0.6) is 5.75 Å². The zero-order valence-corrected chi connectivity index (χ0v) is 16.6. The maximum absolute atomic E-state index is 12.2. The number of ether oxygens (including phenoxy) is 1. The Bertz CT molecular complexity index is 918. The van der Waals surface area contributed by atoms with Crippen molar-refractivity contribution in [2.24, 2.45) is 5.10 Å². The monoisotopic (exact) mass is 404 g/mol. The van der Waals surface area contributed by atoms with Crippen LogP contribution in [0.15, 0.2) is 40.9 Å². The number of nitrogens with one attached hydrogen (secondary N) is 1. The van der Waals surface area contributed by atoms with Crippen molar-refractivity contribution in [1.82, 2.24) is 14.8 Å². The SMILES string of the molecule is CCCCCCOc1ccc(C(=O)N/N=C\c2c(Cl)nc3sccn23)cc1. The van der Waals surface area contributed by atoms with Gasteiger partial charge < -0.3 is 4.74 Å². The number of carbonyl (C=O) groups excluding carboxylic acids is 1. The van der Waals surface area contributed by atoms with Crippen molar-refractivity contribution >= 4 is 40.0 Å². The molecule has 3 aromatic rings. The second kappa shape index (κ2) is 9.53. The van der Waals surface area contributed by atoms with E-state index in [1.54, 1.807) is 24.3 Å². The molecule has 0 unspecified atom stereocenters. The van der Waals surface area contributed by atoms with E-state index in [4.69, 9.17) is 16.3 Å². The molecule has 1 N–H and O–H groups in total. The zero-order valence-electron chi connectivity index (χ0n) is 15.0. The van der Waals surface area contributed by atoms with Crippen LogP contribution in [-0.2, 0) is 0 Å². The van der Waals surface area contributed by atoms with Crippen molar-refractivity contribution in [3.63, 3.8) is 0 Å². The van der Waals surface area contributed by atoms with Crippen LogP contribution >= 0.6 is 22.9 Å². The van der Waals surface area contributed by atoms with Gasteiger partial charge in [0.15, 0.2) is 10.1 Å². The number of amides is 1. The van der Waals surface area contributed by atoms with Crippen molar-refractivity contribution in [2.75, 3.05) is 6.61 Å². The molecule has 0 radical (unpaired) electrons. The van der Waals surface area contributed by atoms with Gasteiger partial charge in [-0.1, -0.05) is 37.8 Å². The number of carbonyl (C=O) groups is 1. The third kappa shape index (κ3) is 5.08. The second-order valence-corrected chi connectivity index (χ2v) is 7.21. The topological polar surface area (TPSA) is 68.0 Å². The number of hydrogen-bond acceptors (Lipinski definition) is 5. The molecule has 8 heteroatoms. The number of fused-ring (bicyclic) bond motifs is 1. The first-order chi connectivity index (χ1) is 13.2. The van der Waals surface area contributed by atoms with Gasteiger partial charge in [-0.2, -0.15) is 5.10 Å². The number of thiazole rings is 1. The van der Waals surface area contributed by atoms with E-state index in [9.17, 15) is 4.79 Å². The standard InChI is InChI=1S/C19H21ClN4O2S/c1-2-3-4-5-11-26-15-8-6-14(7-9-15)18(25)23-21-13-16-17(20)22-19-24(16)10-12-27-19/h6-10,12-13H,2-5,11H2,1H3,(H,23,25)/b21-13-. The number of halogens is 1. The highest BCUT2D eigenvalue weighted by Crippen LogP contribution is 2.19. The lowest BCUT2D eigenvalue weighted by Crippen LogP contribution is -2.17. The maximum Gasteiger partial charge on any atom is 0.271 e. The van der Waals surface area contributed by atoms with E-state index in [2.05, 4.69) is 22.4 Å². The summed E-state index contributed by atoms with van der Waals surface area (Å²) in [6.45, 7) is 2.88. The summed E-state index contributed by atoms with van der Waals surface area (Å²) in [4.78, 5) is 17.2. The van der Waals surface area contributed by atoms with Crippen LogP contribution in [0.1, 0.15) is 48.7 Å². The molecule has 2 aromatic heterocycles. The van der Waals surface area contributed by atoms with E-state index < -0.39 is 0 Å². The lowest BCUT2D eigenvalue weighted by molar-refractivity contribution is 0.0955. The fraction of sp³-hybridized carbons (Fsp3) is 0.316. The zero-order chi connectivity index (χ0) is 19.1. The highest BCUT2D eigenvalue weighted by Gasteiger charge is 2.09. The molecule has 0 bridgehead atoms. The predicted molar refractivity (Wildman–Crippen MR) is 109 cm³/mol. The molecule has 27 heavy (non-hydrogen) atoms. The van der Waals surface area contributed by atoms with Crippen LogP contribution in [0.2, 0.25) is 5.15 Å². The fourth-order valence-electron chi connectivity index (χ4n) is 2.53. The van der Waals surface area contributed by atoms with E-state index in [0.29, 0.717) is 23.0 Å². The Morgan fingerprint density at radius 1 is 1.33 bits per heavy atom. The molecule has 0 fully saturated rings. The number of nitrogens with zero attached hydrogens (tertiary/aromatic N) is 3. The van der Waals surface area contributed by atoms with Crippen molar-refractivity contribution in [1.29, 1.82) is 0 Å². The summed E-state index contributed by atoms with van der Waals surface area (Å²) in [5.74, 6) is 0.459. The largest absolute Gasteiger partial charge is 0.494 e. The predicted octanol–water partition coefficient (Wildman–Crippen LogP) is 4.77. The van der Waals surface area contributed by atoms with Gasteiger partial charge >= 0.3 is 0 Å². The summed E-state index contributed by atoms with van der Waals surface area (Å²) in [7, 11) is 0. The molecule has 142 valence electrons. The molecule has 0 spiro atoms. The fourth-order valence-corrected chi connectivity index (χ4v) is 3.52. The average molecular weight is 405 g/mol. The quantitative estimate of drug-likeness (QED) is 0.317. The van der Waals surface area contributed by atoms with Crippen molar-refractivity contribution in [2.45, 2.75) is 32.6 Å². The highest BCUT2D eigenvalue weighted by molar-refractivity contribution is 7.15. The molecule has 2 heterocycles. The first kappa shape index (κ1) is 19.4. The van der Waals surface area contributed by atoms with Crippen LogP contribution in [0.4, 0.5) is 0 Å². The molecule has 1 amide bonds. The minimum Gasteiger partial charge on any atom is -0.494 e. The number of benzene rings is 1. The lowest BCUT2D eigenvalue weighted by Gasteiger charge is -2.06. The van der Waals surface area contributed by atoms with Crippen LogP contribution < -0.4 is 10.2 Å². The normalized spacial score (nSPS) is 11.3. The Labute approximate surface area is 166 Å². The molecular formula is C19H21ClN4O2S. The Morgan fingerprint density at radius 3 is 2.93 bits per heavy atom. The van der Waals surface area contributed by atoms with E-state index >= 15 is 0 Å². The Morgan fingerprint density at radius 2 is 2.15 bits per heavy atom. The molecule has 0 saturated heterocycles. The number of hydrogen-bond donors (Lipinski definition) is 1. The molecule has 3 rings (SSSR count). The molecule has 0 saturated carbocycles. The molecule has 0 aliphatic rings. The van der Waals surface area contributed by atoms with Gasteiger partial charge in [0.25, 0.3) is 5.91 Å². The Balaban J connectivity index is 1.52. The molecule has 0 atom stereocenters. The highest BCUT2D eigenvalue weighted by atomic mass is 35.5. The third-order valence-electron chi connectivity index (χ3n) is 3.99. The van der Waals surface area contributed by atoms with Gasteiger partial charge in [0, 0.05) is 17.1 Å². The van der Waals surface area contributed by atoms with Gasteiger partial charge in [0.1, 0.15) is 11.4 Å². The van der Waals surface area contributed by atoms with Crippen LogP contribution in [0, 0.1) is 0 Å². The van der Waals surface area contributed by atoms with E-state index in [1.165, 1.54) is 36.8 Å². The maximum atomic E-state index is 12.2. The average Bonchev–Trinajstić information content (AvgIpc) is 3.23. The van der Waals surface area contributed by atoms with Gasteiger partial charge in [-0.3, -0.25) is 9.20 Å². The van der Waals surface area contributed by atoms with Crippen LogP contribution in [-0.4, -0.2) is 28.1 Å². The van der Waals surface area contributed by atoms with E-state index in [1.807, 2.05) is 16.0 Å². The number of imidazole rings is 1. The van der Waals surface area contributed by atoms with Gasteiger partial charge in [-0.05, 0) is 30.7 Å².